The van der Waals surface area contributed by atoms with Gasteiger partial charge in [-0.25, -0.2) is 4.98 Å². The van der Waals surface area contributed by atoms with E-state index in [4.69, 9.17) is 32.7 Å². The Kier molecular flexibility index (Phi) is 5.16. The van der Waals surface area contributed by atoms with Crippen molar-refractivity contribution in [3.05, 3.63) is 58.2 Å². The minimum absolute atomic E-state index is 0.199. The number of benzene rings is 1. The van der Waals surface area contributed by atoms with E-state index in [2.05, 4.69) is 10.3 Å². The zero-order valence-electron chi connectivity index (χ0n) is 11.8. The molecule has 1 fully saturated rings. The minimum atomic E-state index is -0.230. The van der Waals surface area contributed by atoms with E-state index in [-0.39, 0.29) is 12.2 Å². The summed E-state index contributed by atoms with van der Waals surface area (Å²) in [5, 5.41) is 4.34. The van der Waals surface area contributed by atoms with Crippen molar-refractivity contribution in [3.63, 3.8) is 0 Å². The van der Waals surface area contributed by atoms with Crippen LogP contribution in [0.2, 0.25) is 10.0 Å². The second-order valence-corrected chi connectivity index (χ2v) is 5.81. The molecule has 0 radical (unpaired) electrons. The van der Waals surface area contributed by atoms with Crippen LogP contribution in [0.1, 0.15) is 11.7 Å². The minimum Gasteiger partial charge on any atom is -0.470 e. The first-order valence-corrected chi connectivity index (χ1v) is 7.84. The van der Waals surface area contributed by atoms with Crippen molar-refractivity contribution in [1.82, 2.24) is 10.3 Å². The lowest BCUT2D eigenvalue weighted by Crippen LogP contribution is -2.34. The van der Waals surface area contributed by atoms with Gasteiger partial charge in [0.05, 0.1) is 16.7 Å². The molecule has 0 aliphatic carbocycles. The molecule has 116 valence electrons. The third kappa shape index (κ3) is 3.70. The van der Waals surface area contributed by atoms with Crippen LogP contribution < -0.4 is 10.1 Å². The highest BCUT2D eigenvalue weighted by Crippen LogP contribution is 2.30. The van der Waals surface area contributed by atoms with Crippen molar-refractivity contribution < 1.29 is 9.47 Å². The van der Waals surface area contributed by atoms with E-state index < -0.39 is 0 Å². The van der Waals surface area contributed by atoms with Crippen molar-refractivity contribution in [2.75, 3.05) is 19.7 Å². The summed E-state index contributed by atoms with van der Waals surface area (Å²) in [4.78, 5) is 4.21. The molecular formula is C16H16Cl2N2O2. The molecule has 22 heavy (non-hydrogen) atoms. The third-order valence-electron chi connectivity index (χ3n) is 3.44. The summed E-state index contributed by atoms with van der Waals surface area (Å²) in [5.41, 5.74) is 0.944. The SMILES string of the molecule is Clc1ccc([C@@H]2OCCNC[C@H]2Oc2ccccn2)cc1Cl. The molecule has 0 spiro atoms. The Bertz CT molecular complexity index is 625. The Morgan fingerprint density at radius 2 is 2.09 bits per heavy atom. The van der Waals surface area contributed by atoms with Crippen LogP contribution in [0.5, 0.6) is 5.88 Å². The molecule has 1 aromatic heterocycles. The van der Waals surface area contributed by atoms with Crippen LogP contribution in [-0.2, 0) is 4.74 Å². The third-order valence-corrected chi connectivity index (χ3v) is 4.18. The van der Waals surface area contributed by atoms with E-state index in [0.29, 0.717) is 29.1 Å². The molecule has 3 rings (SSSR count). The van der Waals surface area contributed by atoms with Crippen molar-refractivity contribution in [1.29, 1.82) is 0 Å². The Balaban J connectivity index is 1.85. The van der Waals surface area contributed by atoms with Crippen LogP contribution in [0.25, 0.3) is 0 Å². The number of hydrogen-bond donors (Lipinski definition) is 1. The zero-order valence-corrected chi connectivity index (χ0v) is 13.3. The fraction of sp³-hybridized carbons (Fsp3) is 0.312. The monoisotopic (exact) mass is 338 g/mol. The quantitative estimate of drug-likeness (QED) is 0.930. The normalized spacial score (nSPS) is 22.1. The first-order valence-electron chi connectivity index (χ1n) is 7.09. The predicted molar refractivity (Wildman–Crippen MR) is 86.7 cm³/mol. The van der Waals surface area contributed by atoms with Crippen molar-refractivity contribution >= 4 is 23.2 Å². The molecule has 0 unspecified atom stereocenters. The highest BCUT2D eigenvalue weighted by atomic mass is 35.5. The Morgan fingerprint density at radius 1 is 1.18 bits per heavy atom. The van der Waals surface area contributed by atoms with Gasteiger partial charge >= 0.3 is 0 Å². The standard InChI is InChI=1S/C16H16Cl2N2O2/c17-12-5-4-11(9-13(12)18)16-14(10-19-7-8-21-16)22-15-3-1-2-6-20-15/h1-6,9,14,16,19H,7-8,10H2/t14-,16+/m1/s1. The maximum Gasteiger partial charge on any atom is 0.213 e. The van der Waals surface area contributed by atoms with E-state index in [9.17, 15) is 0 Å². The van der Waals surface area contributed by atoms with E-state index in [1.807, 2.05) is 30.3 Å². The average Bonchev–Trinajstić information content (AvgIpc) is 2.77. The van der Waals surface area contributed by atoms with Gasteiger partial charge in [0.1, 0.15) is 12.2 Å². The molecule has 1 aromatic carbocycles. The molecule has 4 nitrogen and oxygen atoms in total. The van der Waals surface area contributed by atoms with Crippen LogP contribution in [0, 0.1) is 0 Å². The van der Waals surface area contributed by atoms with Gasteiger partial charge in [-0.3, -0.25) is 0 Å². The fourth-order valence-electron chi connectivity index (χ4n) is 2.39. The maximum atomic E-state index is 6.13. The molecule has 6 heteroatoms. The molecular weight excluding hydrogens is 323 g/mol. The predicted octanol–water partition coefficient (Wildman–Crippen LogP) is 3.50. The second kappa shape index (κ2) is 7.29. The number of ether oxygens (including phenoxy) is 2. The van der Waals surface area contributed by atoms with E-state index in [1.165, 1.54) is 0 Å². The molecule has 2 aromatic rings. The zero-order chi connectivity index (χ0) is 15.4. The lowest BCUT2D eigenvalue weighted by atomic mass is 10.0. The first-order chi connectivity index (χ1) is 10.7. The number of nitrogens with one attached hydrogen (secondary N) is 1. The summed E-state index contributed by atoms with van der Waals surface area (Å²) in [6.45, 7) is 2.05. The van der Waals surface area contributed by atoms with Crippen molar-refractivity contribution in [2.24, 2.45) is 0 Å². The summed E-state index contributed by atoms with van der Waals surface area (Å²) in [5.74, 6) is 0.574. The van der Waals surface area contributed by atoms with Gasteiger partial charge in [-0.15, -0.1) is 0 Å². The van der Waals surface area contributed by atoms with E-state index >= 15 is 0 Å². The number of hydrogen-bond acceptors (Lipinski definition) is 4. The fourth-order valence-corrected chi connectivity index (χ4v) is 2.70. The van der Waals surface area contributed by atoms with Gasteiger partial charge in [0, 0.05) is 25.4 Å². The molecule has 0 saturated carbocycles. The summed E-state index contributed by atoms with van der Waals surface area (Å²) in [6, 6.07) is 11.1. The number of nitrogens with zero attached hydrogens (tertiary/aromatic N) is 1. The maximum absolute atomic E-state index is 6.13. The highest BCUT2D eigenvalue weighted by molar-refractivity contribution is 6.42. The smallest absolute Gasteiger partial charge is 0.213 e. The highest BCUT2D eigenvalue weighted by Gasteiger charge is 2.28. The van der Waals surface area contributed by atoms with Crippen molar-refractivity contribution in [2.45, 2.75) is 12.2 Å². The van der Waals surface area contributed by atoms with Crippen molar-refractivity contribution in [3.8, 4) is 5.88 Å². The lowest BCUT2D eigenvalue weighted by Gasteiger charge is -2.25. The average molecular weight is 339 g/mol. The molecule has 2 heterocycles. The van der Waals surface area contributed by atoms with Gasteiger partial charge in [0.25, 0.3) is 0 Å². The molecule has 2 atom stereocenters. The lowest BCUT2D eigenvalue weighted by molar-refractivity contribution is -0.0100. The number of halogens is 2. The number of aromatic nitrogens is 1. The number of rotatable bonds is 3. The molecule has 0 bridgehead atoms. The van der Waals surface area contributed by atoms with Crippen LogP contribution in [-0.4, -0.2) is 30.8 Å². The van der Waals surface area contributed by atoms with E-state index in [1.54, 1.807) is 12.3 Å². The largest absolute Gasteiger partial charge is 0.470 e. The summed E-state index contributed by atoms with van der Waals surface area (Å²) in [6.07, 6.45) is 1.27. The first kappa shape index (κ1) is 15.6. The van der Waals surface area contributed by atoms with Crippen LogP contribution in [0.4, 0.5) is 0 Å². The Hall–Kier alpha value is -1.33. The van der Waals surface area contributed by atoms with Crippen LogP contribution >= 0.6 is 23.2 Å². The van der Waals surface area contributed by atoms with Gasteiger partial charge in [0.2, 0.25) is 5.88 Å². The van der Waals surface area contributed by atoms with Gasteiger partial charge in [-0.1, -0.05) is 35.3 Å². The molecule has 1 N–H and O–H groups in total. The van der Waals surface area contributed by atoms with Crippen LogP contribution in [0.3, 0.4) is 0 Å². The summed E-state index contributed by atoms with van der Waals surface area (Å²) < 4.78 is 11.9. The van der Waals surface area contributed by atoms with Gasteiger partial charge in [0.15, 0.2) is 0 Å². The number of pyridine rings is 1. The van der Waals surface area contributed by atoms with Gasteiger partial charge < -0.3 is 14.8 Å². The second-order valence-electron chi connectivity index (χ2n) is 4.99. The Labute approximate surface area is 139 Å². The molecule has 1 aliphatic heterocycles. The summed E-state index contributed by atoms with van der Waals surface area (Å²) >= 11 is 12.1. The van der Waals surface area contributed by atoms with E-state index in [0.717, 1.165) is 12.1 Å². The Morgan fingerprint density at radius 3 is 2.86 bits per heavy atom. The topological polar surface area (TPSA) is 43.4 Å². The summed E-state index contributed by atoms with van der Waals surface area (Å²) in [7, 11) is 0. The van der Waals surface area contributed by atoms with Gasteiger partial charge in [-0.05, 0) is 23.8 Å². The molecule has 1 saturated heterocycles. The molecule has 1 aliphatic rings. The molecule has 0 amide bonds. The van der Waals surface area contributed by atoms with Gasteiger partial charge in [-0.2, -0.15) is 0 Å². The van der Waals surface area contributed by atoms with Crippen LogP contribution in [0.15, 0.2) is 42.6 Å².